The number of carbonyl (C=O) groups excluding carboxylic acids is 1. The van der Waals surface area contributed by atoms with Crippen molar-refractivity contribution >= 4 is 17.2 Å². The van der Waals surface area contributed by atoms with Gasteiger partial charge in [0.2, 0.25) is 5.91 Å². The number of amides is 1. The Morgan fingerprint density at radius 3 is 2.65 bits per heavy atom. The van der Waals surface area contributed by atoms with Crippen LogP contribution in [0.15, 0.2) is 64.6 Å². The lowest BCUT2D eigenvalue weighted by molar-refractivity contribution is -0.121. The van der Waals surface area contributed by atoms with Crippen LogP contribution in [0.5, 0.6) is 0 Å². The van der Waals surface area contributed by atoms with Gasteiger partial charge in [-0.05, 0) is 41.3 Å². The molecule has 0 bridgehead atoms. The summed E-state index contributed by atoms with van der Waals surface area (Å²) in [4.78, 5) is 13.3. The number of carbonyl (C=O) groups is 1. The van der Waals surface area contributed by atoms with E-state index >= 15 is 0 Å². The highest BCUT2D eigenvalue weighted by atomic mass is 32.1. The Hall–Kier alpha value is -2.40. The van der Waals surface area contributed by atoms with E-state index in [1.165, 1.54) is 12.1 Å². The van der Waals surface area contributed by atoms with E-state index in [2.05, 4.69) is 5.32 Å². The van der Waals surface area contributed by atoms with Crippen molar-refractivity contribution in [2.24, 2.45) is 0 Å². The van der Waals surface area contributed by atoms with Gasteiger partial charge < -0.3 is 9.73 Å². The molecule has 0 aliphatic carbocycles. The highest BCUT2D eigenvalue weighted by Gasteiger charge is 2.18. The predicted molar refractivity (Wildman–Crippen MR) is 87.7 cm³/mol. The first-order valence-electron chi connectivity index (χ1n) is 7.33. The number of hydrogen-bond donors (Lipinski definition) is 1. The van der Waals surface area contributed by atoms with E-state index in [9.17, 15) is 9.18 Å². The molecule has 0 aliphatic heterocycles. The summed E-state index contributed by atoms with van der Waals surface area (Å²) in [6.45, 7) is 0. The number of benzene rings is 1. The van der Waals surface area contributed by atoms with Gasteiger partial charge in [0.1, 0.15) is 11.6 Å². The van der Waals surface area contributed by atoms with Gasteiger partial charge in [-0.3, -0.25) is 4.79 Å². The van der Waals surface area contributed by atoms with Crippen LogP contribution < -0.4 is 5.32 Å². The molecule has 0 radical (unpaired) electrons. The molecule has 3 nitrogen and oxygen atoms in total. The maximum absolute atomic E-state index is 13.1. The smallest absolute Gasteiger partial charge is 0.221 e. The Bertz CT molecular complexity index is 736. The fraction of sp³-hybridized carbons (Fsp3) is 0.167. The Kier molecular flexibility index (Phi) is 4.88. The van der Waals surface area contributed by atoms with Crippen LogP contribution in [0.1, 0.15) is 28.7 Å². The average molecular weight is 329 g/mol. The average Bonchev–Trinajstić information content (AvgIpc) is 3.25. The molecule has 1 atom stereocenters. The molecule has 0 fully saturated rings. The van der Waals surface area contributed by atoms with Crippen molar-refractivity contribution < 1.29 is 13.6 Å². The van der Waals surface area contributed by atoms with Gasteiger partial charge in [-0.2, -0.15) is 0 Å². The normalized spacial score (nSPS) is 12.0. The standard InChI is InChI=1S/C18H16FNO2S/c19-14-7-5-13(6-8-14)18(16-4-2-12-23-16)20-17(21)10-9-15-3-1-11-22-15/h1-8,11-12,18H,9-10H2,(H,20,21)/t18-/m1/s1. The van der Waals surface area contributed by atoms with E-state index in [4.69, 9.17) is 4.42 Å². The van der Waals surface area contributed by atoms with Gasteiger partial charge >= 0.3 is 0 Å². The van der Waals surface area contributed by atoms with Crippen molar-refractivity contribution in [1.29, 1.82) is 0 Å². The fourth-order valence-electron chi connectivity index (χ4n) is 2.35. The van der Waals surface area contributed by atoms with Crippen LogP contribution in [0.4, 0.5) is 4.39 Å². The molecule has 118 valence electrons. The van der Waals surface area contributed by atoms with Crippen molar-refractivity contribution in [3.05, 3.63) is 82.2 Å². The zero-order valence-corrected chi connectivity index (χ0v) is 13.2. The van der Waals surface area contributed by atoms with Crippen molar-refractivity contribution in [2.75, 3.05) is 0 Å². The van der Waals surface area contributed by atoms with Gasteiger partial charge in [0, 0.05) is 17.7 Å². The number of aryl methyl sites for hydroxylation is 1. The molecule has 1 N–H and O–H groups in total. The Morgan fingerprint density at radius 1 is 1.17 bits per heavy atom. The minimum Gasteiger partial charge on any atom is -0.469 e. The van der Waals surface area contributed by atoms with Gasteiger partial charge in [-0.25, -0.2) is 4.39 Å². The quantitative estimate of drug-likeness (QED) is 0.732. The minimum atomic E-state index is -0.289. The Morgan fingerprint density at radius 2 is 2.00 bits per heavy atom. The first-order chi connectivity index (χ1) is 11.2. The Labute approximate surface area is 137 Å². The predicted octanol–water partition coefficient (Wildman–Crippen LogP) is 4.32. The van der Waals surface area contributed by atoms with Crippen LogP contribution in [0.25, 0.3) is 0 Å². The number of nitrogens with one attached hydrogen (secondary N) is 1. The van der Waals surface area contributed by atoms with Gasteiger partial charge in [0.25, 0.3) is 0 Å². The third-order valence-electron chi connectivity index (χ3n) is 3.51. The van der Waals surface area contributed by atoms with E-state index in [1.807, 2.05) is 23.6 Å². The zero-order chi connectivity index (χ0) is 16.1. The minimum absolute atomic E-state index is 0.0656. The summed E-state index contributed by atoms with van der Waals surface area (Å²) in [5, 5.41) is 4.98. The van der Waals surface area contributed by atoms with E-state index < -0.39 is 0 Å². The molecule has 2 heterocycles. The van der Waals surface area contributed by atoms with Crippen molar-refractivity contribution in [2.45, 2.75) is 18.9 Å². The molecule has 0 unspecified atom stereocenters. The third-order valence-corrected chi connectivity index (χ3v) is 4.45. The van der Waals surface area contributed by atoms with Crippen LogP contribution in [-0.2, 0) is 11.2 Å². The first-order valence-corrected chi connectivity index (χ1v) is 8.21. The largest absolute Gasteiger partial charge is 0.469 e. The molecule has 0 saturated carbocycles. The number of hydrogen-bond acceptors (Lipinski definition) is 3. The number of furan rings is 1. The molecule has 3 aromatic rings. The maximum Gasteiger partial charge on any atom is 0.221 e. The SMILES string of the molecule is O=C(CCc1ccco1)N[C@H](c1ccc(F)cc1)c1cccs1. The third kappa shape index (κ3) is 4.07. The molecule has 0 aliphatic rings. The molecule has 0 saturated heterocycles. The molecule has 3 rings (SSSR count). The van der Waals surface area contributed by atoms with Crippen molar-refractivity contribution in [3.63, 3.8) is 0 Å². The summed E-state index contributed by atoms with van der Waals surface area (Å²) in [5.74, 6) is 0.432. The molecule has 1 aromatic carbocycles. The van der Waals surface area contributed by atoms with Gasteiger partial charge in [-0.1, -0.05) is 18.2 Å². The molecule has 2 aromatic heterocycles. The van der Waals surface area contributed by atoms with Gasteiger partial charge in [-0.15, -0.1) is 11.3 Å². The molecule has 23 heavy (non-hydrogen) atoms. The van der Waals surface area contributed by atoms with E-state index in [1.54, 1.807) is 35.8 Å². The highest BCUT2D eigenvalue weighted by Crippen LogP contribution is 2.26. The van der Waals surface area contributed by atoms with Crippen LogP contribution in [0.3, 0.4) is 0 Å². The molecule has 0 spiro atoms. The summed E-state index contributed by atoms with van der Waals surface area (Å²) in [6.07, 6.45) is 2.50. The van der Waals surface area contributed by atoms with Crippen LogP contribution in [0, 0.1) is 5.82 Å². The second-order valence-corrected chi connectivity index (χ2v) is 6.13. The lowest BCUT2D eigenvalue weighted by Crippen LogP contribution is -2.29. The molecular weight excluding hydrogens is 313 g/mol. The molecule has 1 amide bonds. The van der Waals surface area contributed by atoms with Crippen LogP contribution >= 0.6 is 11.3 Å². The second kappa shape index (κ2) is 7.24. The number of rotatable bonds is 6. The monoisotopic (exact) mass is 329 g/mol. The summed E-state index contributed by atoms with van der Waals surface area (Å²) in [7, 11) is 0. The topological polar surface area (TPSA) is 42.2 Å². The summed E-state index contributed by atoms with van der Waals surface area (Å²) < 4.78 is 18.4. The number of thiophene rings is 1. The lowest BCUT2D eigenvalue weighted by Gasteiger charge is -2.18. The van der Waals surface area contributed by atoms with E-state index in [-0.39, 0.29) is 17.8 Å². The lowest BCUT2D eigenvalue weighted by atomic mass is 10.0. The molecule has 5 heteroatoms. The van der Waals surface area contributed by atoms with Crippen LogP contribution in [0.2, 0.25) is 0 Å². The fourth-order valence-corrected chi connectivity index (χ4v) is 3.16. The number of halogens is 1. The van der Waals surface area contributed by atoms with E-state index in [0.29, 0.717) is 12.8 Å². The van der Waals surface area contributed by atoms with Crippen molar-refractivity contribution in [1.82, 2.24) is 5.32 Å². The van der Waals surface area contributed by atoms with E-state index in [0.717, 1.165) is 16.2 Å². The Balaban J connectivity index is 1.71. The highest BCUT2D eigenvalue weighted by molar-refractivity contribution is 7.10. The first kappa shape index (κ1) is 15.5. The second-order valence-electron chi connectivity index (χ2n) is 5.15. The zero-order valence-electron chi connectivity index (χ0n) is 12.4. The molecular formula is C18H16FNO2S. The summed E-state index contributed by atoms with van der Waals surface area (Å²) in [6, 6.07) is 13.5. The van der Waals surface area contributed by atoms with Gasteiger partial charge in [0.15, 0.2) is 0 Å². The summed E-state index contributed by atoms with van der Waals surface area (Å²) in [5.41, 5.74) is 0.861. The van der Waals surface area contributed by atoms with Gasteiger partial charge in [0.05, 0.1) is 12.3 Å². The summed E-state index contributed by atoms with van der Waals surface area (Å²) >= 11 is 1.56. The van der Waals surface area contributed by atoms with Crippen molar-refractivity contribution in [3.8, 4) is 0 Å². The van der Waals surface area contributed by atoms with Crippen LogP contribution in [-0.4, -0.2) is 5.91 Å². The maximum atomic E-state index is 13.1.